The Hall–Kier alpha value is -2.66. The van der Waals surface area contributed by atoms with E-state index in [1.807, 2.05) is 44.2 Å². The minimum absolute atomic E-state index is 0.0170. The predicted molar refractivity (Wildman–Crippen MR) is 111 cm³/mol. The van der Waals surface area contributed by atoms with Gasteiger partial charge in [-0.25, -0.2) is 0 Å². The molecule has 0 aliphatic carbocycles. The molecule has 1 unspecified atom stereocenters. The number of aliphatic carboxylic acids is 1. The molecule has 1 aliphatic heterocycles. The number of anilines is 1. The fourth-order valence-electron chi connectivity index (χ4n) is 3.33. The van der Waals surface area contributed by atoms with Gasteiger partial charge in [-0.3, -0.25) is 14.6 Å². The summed E-state index contributed by atoms with van der Waals surface area (Å²) in [4.78, 5) is 31.0. The van der Waals surface area contributed by atoms with Crippen LogP contribution >= 0.6 is 11.6 Å². The Labute approximate surface area is 169 Å². The fraction of sp³-hybridized carbons (Fsp3) is 0.318. The van der Waals surface area contributed by atoms with Crippen LogP contribution in [0.15, 0.2) is 53.5 Å². The topological polar surface area (TPSA) is 70.0 Å². The standard InChI is InChI=1S/C22H23ClN2O3/c1-3-14(2)20-22(28)25(12-11-19(26)27)18-10-9-16(23)13-17(18)21(24-20)15-7-5-4-6-8-15/h4-10,13-14,20H,3,11-12H2,1-2H3,(H,26,27)/t14-,20?/m0/s1. The van der Waals surface area contributed by atoms with Crippen molar-refractivity contribution in [3.05, 3.63) is 64.7 Å². The second-order valence-electron chi connectivity index (χ2n) is 6.97. The SMILES string of the molecule is CC[C@H](C)C1N=C(c2ccccc2)c2cc(Cl)ccc2N(CCC(=O)O)C1=O. The summed E-state index contributed by atoms with van der Waals surface area (Å²) in [5.74, 6) is -1.11. The second kappa shape index (κ2) is 8.57. The van der Waals surface area contributed by atoms with Crippen molar-refractivity contribution in [2.45, 2.75) is 32.7 Å². The van der Waals surface area contributed by atoms with Gasteiger partial charge in [-0.15, -0.1) is 0 Å². The maximum Gasteiger partial charge on any atom is 0.305 e. The molecule has 2 aromatic rings. The van der Waals surface area contributed by atoms with Gasteiger partial charge in [-0.2, -0.15) is 0 Å². The van der Waals surface area contributed by atoms with Crippen LogP contribution in [-0.4, -0.2) is 35.3 Å². The van der Waals surface area contributed by atoms with Crippen LogP contribution in [0.25, 0.3) is 0 Å². The first-order valence-corrected chi connectivity index (χ1v) is 9.76. The number of fused-ring (bicyclic) bond motifs is 1. The molecule has 1 N–H and O–H groups in total. The summed E-state index contributed by atoms with van der Waals surface area (Å²) >= 11 is 6.27. The molecule has 0 aromatic heterocycles. The Morgan fingerprint density at radius 3 is 2.61 bits per heavy atom. The van der Waals surface area contributed by atoms with Crippen LogP contribution in [0.1, 0.15) is 37.8 Å². The number of benzodiazepines with no additional fused rings is 1. The number of rotatable bonds is 6. The summed E-state index contributed by atoms with van der Waals surface area (Å²) in [5, 5.41) is 9.69. The molecule has 1 aliphatic rings. The van der Waals surface area contributed by atoms with Crippen LogP contribution in [0.4, 0.5) is 5.69 Å². The van der Waals surface area contributed by atoms with Crippen LogP contribution in [0.5, 0.6) is 0 Å². The minimum atomic E-state index is -0.947. The van der Waals surface area contributed by atoms with Gasteiger partial charge in [0.05, 0.1) is 17.8 Å². The molecule has 0 saturated carbocycles. The highest BCUT2D eigenvalue weighted by Gasteiger charge is 2.34. The average Bonchev–Trinajstić information content (AvgIpc) is 2.80. The van der Waals surface area contributed by atoms with Crippen LogP contribution in [0.2, 0.25) is 5.02 Å². The van der Waals surface area contributed by atoms with Crippen molar-refractivity contribution in [3.63, 3.8) is 0 Å². The van der Waals surface area contributed by atoms with E-state index < -0.39 is 12.0 Å². The van der Waals surface area contributed by atoms with Gasteiger partial charge in [-0.1, -0.05) is 62.2 Å². The lowest BCUT2D eigenvalue weighted by Gasteiger charge is -2.26. The van der Waals surface area contributed by atoms with E-state index in [0.29, 0.717) is 16.4 Å². The molecule has 5 nitrogen and oxygen atoms in total. The largest absolute Gasteiger partial charge is 0.481 e. The molecule has 2 atom stereocenters. The van der Waals surface area contributed by atoms with E-state index in [9.17, 15) is 9.59 Å². The normalized spacial score (nSPS) is 17.5. The Bertz CT molecular complexity index is 911. The lowest BCUT2D eigenvalue weighted by Crippen LogP contribution is -2.41. The van der Waals surface area contributed by atoms with E-state index in [-0.39, 0.29) is 24.8 Å². The van der Waals surface area contributed by atoms with Crippen LogP contribution in [-0.2, 0) is 9.59 Å². The molecule has 3 rings (SSSR count). The number of hydrogen-bond donors (Lipinski definition) is 1. The second-order valence-corrected chi connectivity index (χ2v) is 7.41. The van der Waals surface area contributed by atoms with Crippen LogP contribution in [0.3, 0.4) is 0 Å². The number of carbonyl (C=O) groups is 2. The minimum Gasteiger partial charge on any atom is -0.481 e. The zero-order chi connectivity index (χ0) is 20.3. The number of hydrogen-bond acceptors (Lipinski definition) is 3. The van der Waals surface area contributed by atoms with Crippen molar-refractivity contribution in [2.24, 2.45) is 10.9 Å². The fourth-order valence-corrected chi connectivity index (χ4v) is 3.51. The van der Waals surface area contributed by atoms with Crippen molar-refractivity contribution in [2.75, 3.05) is 11.4 Å². The van der Waals surface area contributed by atoms with E-state index in [0.717, 1.165) is 17.5 Å². The summed E-state index contributed by atoms with van der Waals surface area (Å²) < 4.78 is 0. The van der Waals surface area contributed by atoms with Crippen molar-refractivity contribution in [1.82, 2.24) is 0 Å². The van der Waals surface area contributed by atoms with Gasteiger partial charge >= 0.3 is 5.97 Å². The third kappa shape index (κ3) is 4.09. The summed E-state index contributed by atoms with van der Waals surface area (Å²) in [5.41, 5.74) is 2.98. The van der Waals surface area contributed by atoms with Gasteiger partial charge < -0.3 is 10.0 Å². The Balaban J connectivity index is 2.22. The quantitative estimate of drug-likeness (QED) is 0.783. The number of carbonyl (C=O) groups excluding carboxylic acids is 1. The first-order chi connectivity index (χ1) is 13.4. The molecule has 1 amide bonds. The van der Waals surface area contributed by atoms with Gasteiger partial charge in [0.25, 0.3) is 5.91 Å². The smallest absolute Gasteiger partial charge is 0.305 e. The Kier molecular flexibility index (Phi) is 6.15. The molecule has 1 heterocycles. The molecule has 146 valence electrons. The predicted octanol–water partition coefficient (Wildman–Crippen LogP) is 4.41. The third-order valence-electron chi connectivity index (χ3n) is 5.07. The van der Waals surface area contributed by atoms with Gasteiger partial charge in [0.1, 0.15) is 6.04 Å². The first-order valence-electron chi connectivity index (χ1n) is 9.38. The number of carboxylic acids is 1. The molecule has 0 spiro atoms. The maximum absolute atomic E-state index is 13.4. The van der Waals surface area contributed by atoms with Gasteiger partial charge in [-0.05, 0) is 24.1 Å². The van der Waals surface area contributed by atoms with E-state index in [4.69, 9.17) is 21.7 Å². The molecule has 6 heteroatoms. The van der Waals surface area contributed by atoms with E-state index >= 15 is 0 Å². The van der Waals surface area contributed by atoms with E-state index in [1.54, 1.807) is 23.1 Å². The zero-order valence-electron chi connectivity index (χ0n) is 15.9. The van der Waals surface area contributed by atoms with Crippen LogP contribution in [0, 0.1) is 5.92 Å². The summed E-state index contributed by atoms with van der Waals surface area (Å²) in [6.07, 6.45) is 0.646. The lowest BCUT2D eigenvalue weighted by molar-refractivity contribution is -0.136. The van der Waals surface area contributed by atoms with Gasteiger partial charge in [0, 0.05) is 22.7 Å². The highest BCUT2D eigenvalue weighted by Crippen LogP contribution is 2.33. The van der Waals surface area contributed by atoms with E-state index in [1.165, 1.54) is 0 Å². The summed E-state index contributed by atoms with van der Waals surface area (Å²) in [7, 11) is 0. The zero-order valence-corrected chi connectivity index (χ0v) is 16.7. The maximum atomic E-state index is 13.4. The molecule has 28 heavy (non-hydrogen) atoms. The number of halogens is 1. The number of aliphatic imine (C=N–C) groups is 1. The van der Waals surface area contributed by atoms with Crippen molar-refractivity contribution >= 4 is 34.9 Å². The first kappa shape index (κ1) is 20.1. The Morgan fingerprint density at radius 1 is 1.25 bits per heavy atom. The van der Waals surface area contributed by atoms with Crippen molar-refractivity contribution in [1.29, 1.82) is 0 Å². The average molecular weight is 399 g/mol. The monoisotopic (exact) mass is 398 g/mol. The highest BCUT2D eigenvalue weighted by molar-refractivity contribution is 6.32. The molecular weight excluding hydrogens is 376 g/mol. The summed E-state index contributed by atoms with van der Waals surface area (Å²) in [6, 6.07) is 14.4. The van der Waals surface area contributed by atoms with Crippen molar-refractivity contribution < 1.29 is 14.7 Å². The molecule has 0 fully saturated rings. The van der Waals surface area contributed by atoms with Crippen molar-refractivity contribution in [3.8, 4) is 0 Å². The molecule has 0 radical (unpaired) electrons. The summed E-state index contributed by atoms with van der Waals surface area (Å²) in [6.45, 7) is 4.10. The molecular formula is C22H23ClN2O3. The number of carboxylic acid groups (broad SMARTS) is 1. The van der Waals surface area contributed by atoms with Gasteiger partial charge in [0.2, 0.25) is 0 Å². The number of nitrogens with zero attached hydrogens (tertiary/aromatic N) is 2. The van der Waals surface area contributed by atoms with Crippen LogP contribution < -0.4 is 4.90 Å². The third-order valence-corrected chi connectivity index (χ3v) is 5.31. The number of benzene rings is 2. The van der Waals surface area contributed by atoms with Gasteiger partial charge in [0.15, 0.2) is 0 Å². The molecule has 0 saturated heterocycles. The molecule has 0 bridgehead atoms. The lowest BCUT2D eigenvalue weighted by atomic mass is 9.98. The highest BCUT2D eigenvalue weighted by atomic mass is 35.5. The van der Waals surface area contributed by atoms with E-state index in [2.05, 4.69) is 0 Å². The number of amides is 1. The molecule has 2 aromatic carbocycles. The Morgan fingerprint density at radius 2 is 1.96 bits per heavy atom.